The van der Waals surface area contributed by atoms with E-state index in [0.717, 1.165) is 5.56 Å². The zero-order valence-electron chi connectivity index (χ0n) is 11.1. The van der Waals surface area contributed by atoms with Crippen molar-refractivity contribution in [3.63, 3.8) is 0 Å². The number of benzene rings is 2. The van der Waals surface area contributed by atoms with Gasteiger partial charge in [-0.1, -0.05) is 43.3 Å². The van der Waals surface area contributed by atoms with Gasteiger partial charge in [0.1, 0.15) is 10.7 Å². The molecule has 0 bridgehead atoms. The molecule has 0 heterocycles. The molecule has 0 aliphatic carbocycles. The fraction of sp³-hybridized carbons (Fsp3) is 0.188. The number of halogens is 2. The third-order valence-corrected chi connectivity index (χ3v) is 3.82. The summed E-state index contributed by atoms with van der Waals surface area (Å²) >= 11 is 6.48. The highest BCUT2D eigenvalue weighted by Gasteiger charge is 2.36. The molecule has 0 radical (unpaired) electrons. The second-order valence-electron chi connectivity index (χ2n) is 4.49. The van der Waals surface area contributed by atoms with Gasteiger partial charge < -0.3 is 5.32 Å². The van der Waals surface area contributed by atoms with E-state index in [0.29, 0.717) is 12.1 Å². The summed E-state index contributed by atoms with van der Waals surface area (Å²) in [6.45, 7) is 1.84. The van der Waals surface area contributed by atoms with Gasteiger partial charge in [0.15, 0.2) is 0 Å². The monoisotopic (exact) mass is 291 g/mol. The summed E-state index contributed by atoms with van der Waals surface area (Å²) in [4.78, 5) is 11.3. The van der Waals surface area contributed by atoms with Gasteiger partial charge in [0.25, 0.3) is 0 Å². The molecule has 0 saturated heterocycles. The summed E-state index contributed by atoms with van der Waals surface area (Å²) < 4.78 is 13.1. The molecule has 2 aromatic rings. The number of hydrogen-bond donors (Lipinski definition) is 1. The average Bonchev–Trinajstić information content (AvgIpc) is 2.47. The molecule has 0 spiro atoms. The van der Waals surface area contributed by atoms with Crippen molar-refractivity contribution in [2.24, 2.45) is 0 Å². The molecular formula is C16H15ClFNO. The Kier molecular flexibility index (Phi) is 4.40. The summed E-state index contributed by atoms with van der Waals surface area (Å²) in [5.41, 5.74) is 1.11. The molecule has 2 rings (SSSR count). The van der Waals surface area contributed by atoms with E-state index >= 15 is 0 Å². The topological polar surface area (TPSA) is 29.1 Å². The van der Waals surface area contributed by atoms with Crippen LogP contribution in [-0.2, 0) is 9.67 Å². The van der Waals surface area contributed by atoms with Gasteiger partial charge in [-0.25, -0.2) is 4.39 Å². The molecular weight excluding hydrogens is 277 g/mol. The van der Waals surface area contributed by atoms with Crippen molar-refractivity contribution in [1.82, 2.24) is 0 Å². The highest BCUT2D eigenvalue weighted by Crippen LogP contribution is 2.34. The molecule has 0 aliphatic heterocycles. The van der Waals surface area contributed by atoms with E-state index in [9.17, 15) is 9.18 Å². The van der Waals surface area contributed by atoms with Gasteiger partial charge in [-0.15, -0.1) is 11.6 Å². The molecule has 2 nitrogen and oxygen atoms in total. The SMILES string of the molecule is CCC(Cl)(C(=O)Nc1cccc(F)c1)c1ccccc1. The predicted octanol–water partition coefficient (Wildman–Crippen LogP) is 4.31. The second-order valence-corrected chi connectivity index (χ2v) is 5.13. The second kappa shape index (κ2) is 6.06. The van der Waals surface area contributed by atoms with Gasteiger partial charge in [-0.05, 0) is 30.2 Å². The first kappa shape index (κ1) is 14.5. The molecule has 1 N–H and O–H groups in total. The van der Waals surface area contributed by atoms with Gasteiger partial charge in [0.2, 0.25) is 5.91 Å². The maximum Gasteiger partial charge on any atom is 0.250 e. The summed E-state index contributed by atoms with van der Waals surface area (Å²) in [5, 5.41) is 2.66. The number of nitrogens with one attached hydrogen (secondary N) is 1. The number of alkyl halides is 1. The van der Waals surface area contributed by atoms with Gasteiger partial charge >= 0.3 is 0 Å². The Balaban J connectivity index is 2.26. The van der Waals surface area contributed by atoms with Gasteiger partial charge in [-0.3, -0.25) is 4.79 Å². The van der Waals surface area contributed by atoms with E-state index in [1.165, 1.54) is 18.2 Å². The summed E-state index contributed by atoms with van der Waals surface area (Å²) in [7, 11) is 0. The van der Waals surface area contributed by atoms with Crippen molar-refractivity contribution in [3.05, 3.63) is 66.0 Å². The molecule has 0 fully saturated rings. The standard InChI is InChI=1S/C16H15ClFNO/c1-2-16(17,12-7-4-3-5-8-12)15(20)19-14-10-6-9-13(18)11-14/h3-11H,2H2,1H3,(H,19,20). The number of hydrogen-bond acceptors (Lipinski definition) is 1. The van der Waals surface area contributed by atoms with Gasteiger partial charge in [-0.2, -0.15) is 0 Å². The maximum atomic E-state index is 13.1. The zero-order chi connectivity index (χ0) is 14.6. The Morgan fingerprint density at radius 2 is 1.90 bits per heavy atom. The number of rotatable bonds is 4. The summed E-state index contributed by atoms with van der Waals surface area (Å²) in [5.74, 6) is -0.766. The van der Waals surface area contributed by atoms with E-state index < -0.39 is 10.7 Å². The quantitative estimate of drug-likeness (QED) is 0.836. The van der Waals surface area contributed by atoms with Crippen LogP contribution in [0.2, 0.25) is 0 Å². The molecule has 1 amide bonds. The van der Waals surface area contributed by atoms with Crippen LogP contribution in [-0.4, -0.2) is 5.91 Å². The predicted molar refractivity (Wildman–Crippen MR) is 79.3 cm³/mol. The maximum absolute atomic E-state index is 13.1. The summed E-state index contributed by atoms with van der Waals surface area (Å²) in [6.07, 6.45) is 0.430. The normalized spacial score (nSPS) is 13.6. The Morgan fingerprint density at radius 1 is 1.20 bits per heavy atom. The van der Waals surface area contributed by atoms with E-state index in [1.54, 1.807) is 6.07 Å². The van der Waals surface area contributed by atoms with Crippen molar-refractivity contribution in [2.45, 2.75) is 18.2 Å². The minimum atomic E-state index is -1.16. The highest BCUT2D eigenvalue weighted by molar-refractivity contribution is 6.36. The lowest BCUT2D eigenvalue weighted by Crippen LogP contribution is -2.34. The third-order valence-electron chi connectivity index (χ3n) is 3.16. The van der Waals surface area contributed by atoms with Crippen molar-refractivity contribution in [3.8, 4) is 0 Å². The minimum absolute atomic E-state index is 0.363. The first-order valence-electron chi connectivity index (χ1n) is 6.37. The van der Waals surface area contributed by atoms with E-state index in [2.05, 4.69) is 5.32 Å². The molecule has 2 aromatic carbocycles. The lowest BCUT2D eigenvalue weighted by Gasteiger charge is -2.25. The Labute approximate surface area is 122 Å². The molecule has 0 saturated carbocycles. The van der Waals surface area contributed by atoms with Gasteiger partial charge in [0, 0.05) is 5.69 Å². The molecule has 0 aliphatic rings. The van der Waals surface area contributed by atoms with Crippen LogP contribution >= 0.6 is 11.6 Å². The van der Waals surface area contributed by atoms with Crippen molar-refractivity contribution in [1.29, 1.82) is 0 Å². The van der Waals surface area contributed by atoms with Crippen LogP contribution in [0.1, 0.15) is 18.9 Å². The lowest BCUT2D eigenvalue weighted by molar-refractivity contribution is -0.119. The van der Waals surface area contributed by atoms with Crippen LogP contribution < -0.4 is 5.32 Å². The van der Waals surface area contributed by atoms with Crippen molar-refractivity contribution in [2.75, 3.05) is 5.32 Å². The molecule has 0 aromatic heterocycles. The smallest absolute Gasteiger partial charge is 0.250 e. The average molecular weight is 292 g/mol. The number of carbonyl (C=O) groups excluding carboxylic acids is 1. The molecule has 20 heavy (non-hydrogen) atoms. The fourth-order valence-corrected chi connectivity index (χ4v) is 2.17. The Hall–Kier alpha value is -1.87. The van der Waals surface area contributed by atoms with Crippen LogP contribution in [0.3, 0.4) is 0 Å². The van der Waals surface area contributed by atoms with Crippen LogP contribution in [0.4, 0.5) is 10.1 Å². The van der Waals surface area contributed by atoms with E-state index in [-0.39, 0.29) is 5.91 Å². The molecule has 1 unspecified atom stereocenters. The number of carbonyl (C=O) groups is 1. The van der Waals surface area contributed by atoms with E-state index in [4.69, 9.17) is 11.6 Å². The van der Waals surface area contributed by atoms with Gasteiger partial charge in [0.05, 0.1) is 0 Å². The number of amides is 1. The summed E-state index contributed by atoms with van der Waals surface area (Å²) in [6, 6.07) is 14.9. The van der Waals surface area contributed by atoms with E-state index in [1.807, 2.05) is 37.3 Å². The third kappa shape index (κ3) is 2.99. The Morgan fingerprint density at radius 3 is 2.50 bits per heavy atom. The van der Waals surface area contributed by atoms with Crippen LogP contribution in [0.25, 0.3) is 0 Å². The Bertz CT molecular complexity index is 602. The zero-order valence-corrected chi connectivity index (χ0v) is 11.8. The van der Waals surface area contributed by atoms with Crippen molar-refractivity contribution >= 4 is 23.2 Å². The first-order valence-corrected chi connectivity index (χ1v) is 6.75. The highest BCUT2D eigenvalue weighted by atomic mass is 35.5. The fourth-order valence-electron chi connectivity index (χ4n) is 1.99. The largest absolute Gasteiger partial charge is 0.324 e. The number of anilines is 1. The van der Waals surface area contributed by atoms with Crippen molar-refractivity contribution < 1.29 is 9.18 Å². The molecule has 104 valence electrons. The van der Waals surface area contributed by atoms with Crippen LogP contribution in [0.15, 0.2) is 54.6 Å². The lowest BCUT2D eigenvalue weighted by atomic mass is 9.94. The minimum Gasteiger partial charge on any atom is -0.324 e. The molecule has 4 heteroatoms. The van der Waals surface area contributed by atoms with Crippen LogP contribution in [0.5, 0.6) is 0 Å². The molecule has 1 atom stereocenters. The first-order chi connectivity index (χ1) is 9.56. The van der Waals surface area contributed by atoms with Crippen LogP contribution in [0, 0.1) is 5.82 Å².